The third-order valence-electron chi connectivity index (χ3n) is 3.74. The van der Waals surface area contributed by atoms with Crippen molar-refractivity contribution in [2.24, 2.45) is 5.73 Å². The van der Waals surface area contributed by atoms with E-state index in [4.69, 9.17) is 5.73 Å². The van der Waals surface area contributed by atoms with Crippen molar-refractivity contribution in [1.29, 1.82) is 0 Å². The molecule has 106 valence electrons. The van der Waals surface area contributed by atoms with E-state index in [1.54, 1.807) is 11.8 Å². The fourth-order valence-electron chi connectivity index (χ4n) is 2.68. The summed E-state index contributed by atoms with van der Waals surface area (Å²) in [6.45, 7) is 2.00. The van der Waals surface area contributed by atoms with E-state index in [-0.39, 0.29) is 6.04 Å². The molecule has 20 heavy (non-hydrogen) atoms. The normalized spacial score (nSPS) is 17.5. The summed E-state index contributed by atoms with van der Waals surface area (Å²) in [7, 11) is 0. The minimum Gasteiger partial charge on any atom is -0.324 e. The number of hydrogen-bond acceptors (Lipinski definition) is 5. The Morgan fingerprint density at radius 3 is 2.80 bits per heavy atom. The van der Waals surface area contributed by atoms with Gasteiger partial charge in [-0.05, 0) is 53.6 Å². The van der Waals surface area contributed by atoms with Crippen LogP contribution >= 0.6 is 11.8 Å². The summed E-state index contributed by atoms with van der Waals surface area (Å²) in [6, 6.07) is 8.65. The van der Waals surface area contributed by atoms with Crippen molar-refractivity contribution in [1.82, 2.24) is 20.2 Å². The van der Waals surface area contributed by atoms with Crippen molar-refractivity contribution >= 4 is 11.8 Å². The lowest BCUT2D eigenvalue weighted by atomic mass is 10.1. The van der Waals surface area contributed by atoms with Crippen LogP contribution in [0.3, 0.4) is 0 Å². The molecule has 1 aliphatic rings. The summed E-state index contributed by atoms with van der Waals surface area (Å²) in [4.78, 5) is 1.14. The van der Waals surface area contributed by atoms with E-state index in [0.29, 0.717) is 6.04 Å². The molecule has 0 amide bonds. The van der Waals surface area contributed by atoms with E-state index >= 15 is 0 Å². The van der Waals surface area contributed by atoms with Gasteiger partial charge in [-0.3, -0.25) is 0 Å². The second kappa shape index (κ2) is 5.93. The highest BCUT2D eigenvalue weighted by Crippen LogP contribution is 2.35. The summed E-state index contributed by atoms with van der Waals surface area (Å²) >= 11 is 1.61. The fraction of sp³-hybridized carbons (Fsp3) is 0.500. The molecule has 0 aliphatic heterocycles. The van der Waals surface area contributed by atoms with E-state index < -0.39 is 0 Å². The zero-order valence-corrected chi connectivity index (χ0v) is 12.4. The highest BCUT2D eigenvalue weighted by Gasteiger charge is 2.22. The van der Waals surface area contributed by atoms with E-state index in [2.05, 4.69) is 27.7 Å². The van der Waals surface area contributed by atoms with Crippen LogP contribution in [0.2, 0.25) is 0 Å². The summed E-state index contributed by atoms with van der Waals surface area (Å²) in [5.74, 6) is 0. The van der Waals surface area contributed by atoms with Crippen molar-refractivity contribution < 1.29 is 0 Å². The van der Waals surface area contributed by atoms with E-state index in [0.717, 1.165) is 15.6 Å². The van der Waals surface area contributed by atoms with Gasteiger partial charge in [0, 0.05) is 10.9 Å². The van der Waals surface area contributed by atoms with Gasteiger partial charge in [0.05, 0.1) is 6.04 Å². The van der Waals surface area contributed by atoms with Crippen LogP contribution in [0.4, 0.5) is 0 Å². The maximum Gasteiger partial charge on any atom is 0.214 e. The Labute approximate surface area is 122 Å². The minimum absolute atomic E-state index is 0.00881. The van der Waals surface area contributed by atoms with Gasteiger partial charge in [-0.25, -0.2) is 4.68 Å². The first kappa shape index (κ1) is 13.6. The first-order valence-electron chi connectivity index (χ1n) is 7.06. The highest BCUT2D eigenvalue weighted by molar-refractivity contribution is 7.99. The lowest BCUT2D eigenvalue weighted by molar-refractivity contribution is 0.423. The molecule has 1 aliphatic carbocycles. The average molecular weight is 289 g/mol. The molecule has 1 saturated carbocycles. The Morgan fingerprint density at radius 2 is 2.05 bits per heavy atom. The van der Waals surface area contributed by atoms with Crippen LogP contribution in [0.1, 0.15) is 50.3 Å². The summed E-state index contributed by atoms with van der Waals surface area (Å²) in [6.07, 6.45) is 4.89. The number of hydrogen-bond donors (Lipinski definition) is 1. The van der Waals surface area contributed by atoms with Crippen molar-refractivity contribution in [3.63, 3.8) is 0 Å². The standard InChI is InChI=1S/C14H19N5S/c1-10(15)12-8-4-5-9-13(12)20-14-16-17-18-19(14)11-6-2-3-7-11/h4-5,8-11H,2-3,6-7,15H2,1H3. The Kier molecular flexibility index (Phi) is 4.03. The molecule has 0 spiro atoms. The molecule has 1 fully saturated rings. The van der Waals surface area contributed by atoms with Gasteiger partial charge >= 0.3 is 0 Å². The van der Waals surface area contributed by atoms with Crippen LogP contribution in [-0.4, -0.2) is 20.2 Å². The number of nitrogens with two attached hydrogens (primary N) is 1. The molecule has 2 N–H and O–H groups in total. The van der Waals surface area contributed by atoms with Crippen molar-refractivity contribution in [2.45, 2.75) is 54.7 Å². The maximum absolute atomic E-state index is 6.03. The van der Waals surface area contributed by atoms with E-state index in [9.17, 15) is 0 Å². The van der Waals surface area contributed by atoms with Crippen molar-refractivity contribution in [3.05, 3.63) is 29.8 Å². The summed E-state index contributed by atoms with van der Waals surface area (Å²) < 4.78 is 1.98. The highest BCUT2D eigenvalue weighted by atomic mass is 32.2. The predicted molar refractivity (Wildman–Crippen MR) is 78.5 cm³/mol. The SMILES string of the molecule is CC(N)c1ccccc1Sc1nnnn1C1CCCC1. The smallest absolute Gasteiger partial charge is 0.214 e. The largest absolute Gasteiger partial charge is 0.324 e. The monoisotopic (exact) mass is 289 g/mol. The zero-order valence-electron chi connectivity index (χ0n) is 11.6. The second-order valence-corrected chi connectivity index (χ2v) is 6.28. The minimum atomic E-state index is 0.00881. The third kappa shape index (κ3) is 2.71. The molecule has 1 aromatic heterocycles. The van der Waals surface area contributed by atoms with Crippen LogP contribution in [0.15, 0.2) is 34.3 Å². The molecule has 1 heterocycles. The quantitative estimate of drug-likeness (QED) is 0.937. The molecule has 6 heteroatoms. The number of rotatable bonds is 4. The number of tetrazole rings is 1. The van der Waals surface area contributed by atoms with Crippen LogP contribution in [-0.2, 0) is 0 Å². The molecule has 5 nitrogen and oxygen atoms in total. The Balaban J connectivity index is 1.87. The van der Waals surface area contributed by atoms with Crippen LogP contribution in [0, 0.1) is 0 Å². The van der Waals surface area contributed by atoms with Gasteiger partial charge < -0.3 is 5.73 Å². The lowest BCUT2D eigenvalue weighted by Crippen LogP contribution is -2.09. The molecule has 0 bridgehead atoms. The Hall–Kier alpha value is -1.40. The number of aromatic nitrogens is 4. The van der Waals surface area contributed by atoms with Gasteiger partial charge in [-0.15, -0.1) is 5.10 Å². The van der Waals surface area contributed by atoms with Crippen molar-refractivity contribution in [2.75, 3.05) is 0 Å². The lowest BCUT2D eigenvalue weighted by Gasteiger charge is -2.14. The molecular weight excluding hydrogens is 270 g/mol. The summed E-state index contributed by atoms with van der Waals surface area (Å²) in [5, 5.41) is 13.1. The van der Waals surface area contributed by atoms with Gasteiger partial charge in [0.25, 0.3) is 0 Å². The van der Waals surface area contributed by atoms with Crippen LogP contribution < -0.4 is 5.73 Å². The predicted octanol–water partition coefficient (Wildman–Crippen LogP) is 2.96. The third-order valence-corrected chi connectivity index (χ3v) is 4.79. The molecule has 1 unspecified atom stereocenters. The van der Waals surface area contributed by atoms with E-state index in [1.807, 2.05) is 23.7 Å². The van der Waals surface area contributed by atoms with Gasteiger partial charge in [0.15, 0.2) is 0 Å². The maximum atomic E-state index is 6.03. The van der Waals surface area contributed by atoms with Gasteiger partial charge in [0.1, 0.15) is 0 Å². The Morgan fingerprint density at radius 1 is 1.30 bits per heavy atom. The van der Waals surface area contributed by atoms with Gasteiger partial charge in [0.2, 0.25) is 5.16 Å². The molecule has 0 saturated heterocycles. The molecule has 0 radical (unpaired) electrons. The van der Waals surface area contributed by atoms with Crippen LogP contribution in [0.5, 0.6) is 0 Å². The topological polar surface area (TPSA) is 69.6 Å². The molecule has 1 atom stereocenters. The zero-order chi connectivity index (χ0) is 13.9. The molecule has 1 aromatic carbocycles. The Bertz CT molecular complexity index is 574. The summed E-state index contributed by atoms with van der Waals surface area (Å²) in [5.41, 5.74) is 7.17. The average Bonchev–Trinajstić information content (AvgIpc) is 3.09. The first-order chi connectivity index (χ1) is 9.75. The molecule has 2 aromatic rings. The fourth-order valence-corrected chi connectivity index (χ4v) is 3.75. The second-order valence-electron chi connectivity index (χ2n) is 5.27. The van der Waals surface area contributed by atoms with Gasteiger partial charge in [-0.2, -0.15) is 0 Å². The molecule has 3 rings (SSSR count). The van der Waals surface area contributed by atoms with Gasteiger partial charge in [-0.1, -0.05) is 31.0 Å². The number of nitrogens with zero attached hydrogens (tertiary/aromatic N) is 4. The molecular formula is C14H19N5S. The van der Waals surface area contributed by atoms with Crippen LogP contribution in [0.25, 0.3) is 0 Å². The van der Waals surface area contributed by atoms with Crippen molar-refractivity contribution in [3.8, 4) is 0 Å². The first-order valence-corrected chi connectivity index (χ1v) is 7.87. The number of benzene rings is 1. The van der Waals surface area contributed by atoms with E-state index in [1.165, 1.54) is 25.7 Å².